The van der Waals surface area contributed by atoms with Crippen molar-refractivity contribution in [1.29, 1.82) is 0 Å². The van der Waals surface area contributed by atoms with Crippen LogP contribution in [0.25, 0.3) is 5.69 Å². The second-order valence-electron chi connectivity index (χ2n) is 6.16. The predicted molar refractivity (Wildman–Crippen MR) is 105 cm³/mol. The summed E-state index contributed by atoms with van der Waals surface area (Å²) in [5, 5.41) is 9.20. The fourth-order valence-corrected chi connectivity index (χ4v) is 2.56. The zero-order valence-corrected chi connectivity index (χ0v) is 16.2. The molecule has 0 aliphatic rings. The van der Waals surface area contributed by atoms with Crippen molar-refractivity contribution in [1.82, 2.24) is 20.1 Å². The molecule has 0 atom stereocenters. The standard InChI is InChI=1S/C20H18FN5O4/c1-12-23-18(25-26(12)16-8-6-14(21)7-9-16)20(29)24-15-5-3-4-13(10-15)19(28)22-11-17(27)30-2/h3-10H,11H2,1-2H3,(H,22,28)(H,24,29). The maximum absolute atomic E-state index is 13.1. The summed E-state index contributed by atoms with van der Waals surface area (Å²) in [6, 6.07) is 11.8. The van der Waals surface area contributed by atoms with Crippen LogP contribution < -0.4 is 10.6 Å². The number of hydrogen-bond acceptors (Lipinski definition) is 6. The zero-order valence-electron chi connectivity index (χ0n) is 16.2. The van der Waals surface area contributed by atoms with E-state index >= 15 is 0 Å². The molecule has 1 aromatic heterocycles. The highest BCUT2D eigenvalue weighted by molar-refractivity contribution is 6.03. The number of carbonyl (C=O) groups is 3. The van der Waals surface area contributed by atoms with E-state index in [0.29, 0.717) is 17.2 Å². The molecule has 2 aromatic carbocycles. The second-order valence-corrected chi connectivity index (χ2v) is 6.16. The molecule has 154 valence electrons. The fraction of sp³-hybridized carbons (Fsp3) is 0.150. The van der Waals surface area contributed by atoms with Crippen LogP contribution in [0.5, 0.6) is 0 Å². The molecular weight excluding hydrogens is 393 g/mol. The van der Waals surface area contributed by atoms with Gasteiger partial charge in [0, 0.05) is 11.3 Å². The minimum atomic E-state index is -0.578. The molecule has 0 fully saturated rings. The van der Waals surface area contributed by atoms with Crippen LogP contribution in [-0.2, 0) is 9.53 Å². The van der Waals surface area contributed by atoms with Crippen molar-refractivity contribution < 1.29 is 23.5 Å². The van der Waals surface area contributed by atoms with E-state index in [4.69, 9.17) is 0 Å². The Balaban J connectivity index is 1.72. The molecule has 3 rings (SSSR count). The molecule has 30 heavy (non-hydrogen) atoms. The molecule has 2 amide bonds. The van der Waals surface area contributed by atoms with Gasteiger partial charge in [-0.05, 0) is 49.4 Å². The monoisotopic (exact) mass is 411 g/mol. The van der Waals surface area contributed by atoms with E-state index in [1.165, 1.54) is 48.2 Å². The number of nitrogens with one attached hydrogen (secondary N) is 2. The largest absolute Gasteiger partial charge is 0.468 e. The van der Waals surface area contributed by atoms with E-state index in [1.807, 2.05) is 0 Å². The number of rotatable bonds is 6. The Morgan fingerprint density at radius 2 is 1.83 bits per heavy atom. The highest BCUT2D eigenvalue weighted by Crippen LogP contribution is 2.14. The molecule has 0 bridgehead atoms. The van der Waals surface area contributed by atoms with Crippen LogP contribution >= 0.6 is 0 Å². The molecule has 0 spiro atoms. The van der Waals surface area contributed by atoms with Gasteiger partial charge in [0.15, 0.2) is 0 Å². The number of anilines is 1. The quantitative estimate of drug-likeness (QED) is 0.599. The number of esters is 1. The lowest BCUT2D eigenvalue weighted by molar-refractivity contribution is -0.139. The minimum absolute atomic E-state index is 0.0858. The van der Waals surface area contributed by atoms with Gasteiger partial charge in [0.1, 0.15) is 18.2 Å². The molecule has 0 aliphatic carbocycles. The maximum Gasteiger partial charge on any atom is 0.325 e. The normalized spacial score (nSPS) is 10.4. The number of benzene rings is 2. The Hall–Kier alpha value is -4.08. The van der Waals surface area contributed by atoms with Crippen LogP contribution in [0.2, 0.25) is 0 Å². The Bertz CT molecular complexity index is 1090. The van der Waals surface area contributed by atoms with Crippen molar-refractivity contribution in [3.05, 3.63) is 71.6 Å². The molecule has 0 unspecified atom stereocenters. The van der Waals surface area contributed by atoms with Crippen molar-refractivity contribution in [2.24, 2.45) is 0 Å². The smallest absolute Gasteiger partial charge is 0.325 e. The van der Waals surface area contributed by atoms with Crippen LogP contribution in [0.3, 0.4) is 0 Å². The molecule has 0 saturated carbocycles. The van der Waals surface area contributed by atoms with Crippen LogP contribution in [0.1, 0.15) is 26.8 Å². The average molecular weight is 411 g/mol. The van der Waals surface area contributed by atoms with E-state index in [0.717, 1.165) is 0 Å². The summed E-state index contributed by atoms with van der Waals surface area (Å²) in [5.41, 5.74) is 1.16. The summed E-state index contributed by atoms with van der Waals surface area (Å²) >= 11 is 0. The lowest BCUT2D eigenvalue weighted by Crippen LogP contribution is -2.30. The Morgan fingerprint density at radius 1 is 1.10 bits per heavy atom. The SMILES string of the molecule is COC(=O)CNC(=O)c1cccc(NC(=O)c2nc(C)n(-c3ccc(F)cc3)n2)c1. The molecule has 1 heterocycles. The van der Waals surface area contributed by atoms with Crippen molar-refractivity contribution in [3.63, 3.8) is 0 Å². The Kier molecular flexibility index (Phi) is 6.16. The van der Waals surface area contributed by atoms with Gasteiger partial charge < -0.3 is 15.4 Å². The first-order chi connectivity index (χ1) is 14.4. The summed E-state index contributed by atoms with van der Waals surface area (Å²) in [7, 11) is 1.22. The Morgan fingerprint density at radius 3 is 2.53 bits per heavy atom. The number of amides is 2. The Labute approximate surface area is 170 Å². The van der Waals surface area contributed by atoms with Gasteiger partial charge >= 0.3 is 5.97 Å². The first kappa shape index (κ1) is 20.6. The van der Waals surface area contributed by atoms with Gasteiger partial charge in [-0.1, -0.05) is 6.07 Å². The summed E-state index contributed by atoms with van der Waals surface area (Å²) in [4.78, 5) is 39.9. The first-order valence-electron chi connectivity index (χ1n) is 8.83. The van der Waals surface area contributed by atoms with Gasteiger partial charge in [-0.2, -0.15) is 0 Å². The number of hydrogen-bond donors (Lipinski definition) is 2. The van der Waals surface area contributed by atoms with E-state index in [2.05, 4.69) is 25.5 Å². The molecule has 0 aliphatic heterocycles. The van der Waals surface area contributed by atoms with Crippen molar-refractivity contribution in [2.75, 3.05) is 19.0 Å². The van der Waals surface area contributed by atoms with Gasteiger partial charge in [-0.15, -0.1) is 5.10 Å². The van der Waals surface area contributed by atoms with Crippen molar-refractivity contribution >= 4 is 23.5 Å². The highest BCUT2D eigenvalue weighted by Gasteiger charge is 2.16. The molecule has 0 radical (unpaired) electrons. The zero-order chi connectivity index (χ0) is 21.7. The predicted octanol–water partition coefficient (Wildman–Crippen LogP) is 1.87. The average Bonchev–Trinajstić information content (AvgIpc) is 3.14. The van der Waals surface area contributed by atoms with Gasteiger partial charge in [-0.3, -0.25) is 14.4 Å². The summed E-state index contributed by atoms with van der Waals surface area (Å²) < 4.78 is 19.0. The molecule has 9 nitrogen and oxygen atoms in total. The third kappa shape index (κ3) is 4.85. The topological polar surface area (TPSA) is 115 Å². The summed E-state index contributed by atoms with van der Waals surface area (Å²) in [6.07, 6.45) is 0. The number of methoxy groups -OCH3 is 1. The van der Waals surface area contributed by atoms with Gasteiger partial charge in [-0.25, -0.2) is 14.1 Å². The van der Waals surface area contributed by atoms with Crippen LogP contribution in [-0.4, -0.2) is 46.2 Å². The minimum Gasteiger partial charge on any atom is -0.468 e. The lowest BCUT2D eigenvalue weighted by atomic mass is 10.2. The van der Waals surface area contributed by atoms with E-state index < -0.39 is 17.8 Å². The van der Waals surface area contributed by atoms with Crippen molar-refractivity contribution in [2.45, 2.75) is 6.92 Å². The number of nitrogens with zero attached hydrogens (tertiary/aromatic N) is 3. The summed E-state index contributed by atoms with van der Waals surface area (Å²) in [5.74, 6) is -1.67. The van der Waals surface area contributed by atoms with Crippen LogP contribution in [0.15, 0.2) is 48.5 Å². The molecule has 3 aromatic rings. The summed E-state index contributed by atoms with van der Waals surface area (Å²) in [6.45, 7) is 1.40. The number of halogens is 1. The van der Waals surface area contributed by atoms with E-state index in [-0.39, 0.29) is 23.7 Å². The highest BCUT2D eigenvalue weighted by atomic mass is 19.1. The molecule has 0 saturated heterocycles. The maximum atomic E-state index is 13.1. The van der Waals surface area contributed by atoms with Gasteiger partial charge in [0.25, 0.3) is 11.8 Å². The van der Waals surface area contributed by atoms with E-state index in [1.54, 1.807) is 19.1 Å². The van der Waals surface area contributed by atoms with Crippen LogP contribution in [0, 0.1) is 12.7 Å². The van der Waals surface area contributed by atoms with Crippen LogP contribution in [0.4, 0.5) is 10.1 Å². The number of aromatic nitrogens is 3. The van der Waals surface area contributed by atoms with Gasteiger partial charge in [0.2, 0.25) is 5.82 Å². The fourth-order valence-electron chi connectivity index (χ4n) is 2.56. The third-order valence-corrected chi connectivity index (χ3v) is 4.05. The number of aryl methyl sites for hydroxylation is 1. The third-order valence-electron chi connectivity index (χ3n) is 4.05. The number of carbonyl (C=O) groups excluding carboxylic acids is 3. The van der Waals surface area contributed by atoms with E-state index in [9.17, 15) is 18.8 Å². The number of ether oxygens (including phenoxy) is 1. The first-order valence-corrected chi connectivity index (χ1v) is 8.83. The van der Waals surface area contributed by atoms with Gasteiger partial charge in [0.05, 0.1) is 12.8 Å². The molecule has 10 heteroatoms. The lowest BCUT2D eigenvalue weighted by Gasteiger charge is -2.07. The molecule has 2 N–H and O–H groups in total. The molecular formula is C20H18FN5O4. The second kappa shape index (κ2) is 8.95. The van der Waals surface area contributed by atoms with Crippen molar-refractivity contribution in [3.8, 4) is 5.69 Å².